The van der Waals surface area contributed by atoms with Crippen molar-refractivity contribution in [1.82, 2.24) is 14.5 Å². The second-order valence-corrected chi connectivity index (χ2v) is 3.56. The molecular weight excluding hydrogens is 232 g/mol. The number of imidazole rings is 1. The molecule has 0 aliphatic rings. The number of aryl methyl sites for hydroxylation is 1. The lowest BCUT2D eigenvalue weighted by atomic mass is 10.3. The van der Waals surface area contributed by atoms with E-state index in [0.717, 1.165) is 5.82 Å². The first kappa shape index (κ1) is 12.1. The largest absolute Gasteiger partial charge is 0.450 e. The van der Waals surface area contributed by atoms with Crippen molar-refractivity contribution in [2.45, 2.75) is 13.8 Å². The molecule has 6 nitrogen and oxygen atoms in total. The molecular formula is C12H14N4O2. The highest BCUT2D eigenvalue weighted by molar-refractivity contribution is 5.86. The van der Waals surface area contributed by atoms with E-state index in [1.165, 1.54) is 0 Å². The average molecular weight is 246 g/mol. The highest BCUT2D eigenvalue weighted by atomic mass is 16.5. The van der Waals surface area contributed by atoms with Crippen molar-refractivity contribution >= 4 is 11.8 Å². The average Bonchev–Trinajstić information content (AvgIpc) is 2.76. The van der Waals surface area contributed by atoms with Gasteiger partial charge in [0.25, 0.3) is 0 Å². The lowest BCUT2D eigenvalue weighted by Crippen LogP contribution is -2.15. The van der Waals surface area contributed by atoms with Gasteiger partial charge in [0.05, 0.1) is 12.3 Å². The lowest BCUT2D eigenvalue weighted by Gasteiger charge is -2.11. The van der Waals surface area contributed by atoms with Gasteiger partial charge in [-0.1, -0.05) is 0 Å². The van der Waals surface area contributed by atoms with Gasteiger partial charge in [-0.2, -0.15) is 0 Å². The fraction of sp³-hybridized carbons (Fsp3) is 0.250. The molecule has 0 spiro atoms. The molecule has 1 amide bonds. The third-order valence-corrected chi connectivity index (χ3v) is 2.35. The van der Waals surface area contributed by atoms with Gasteiger partial charge in [-0.05, 0) is 26.0 Å². The maximum Gasteiger partial charge on any atom is 0.411 e. The van der Waals surface area contributed by atoms with Crippen LogP contribution in [0.5, 0.6) is 0 Å². The number of ether oxygens (including phenoxy) is 1. The summed E-state index contributed by atoms with van der Waals surface area (Å²) in [5, 5.41) is 2.65. The van der Waals surface area contributed by atoms with Crippen molar-refractivity contribution in [3.63, 3.8) is 0 Å². The molecule has 2 heterocycles. The van der Waals surface area contributed by atoms with Crippen molar-refractivity contribution in [3.8, 4) is 5.82 Å². The smallest absolute Gasteiger partial charge is 0.411 e. The number of aromatic nitrogens is 3. The van der Waals surface area contributed by atoms with Crippen molar-refractivity contribution < 1.29 is 9.53 Å². The zero-order chi connectivity index (χ0) is 13.0. The molecule has 0 aliphatic heterocycles. The summed E-state index contributed by atoms with van der Waals surface area (Å²) >= 11 is 0. The van der Waals surface area contributed by atoms with Gasteiger partial charge >= 0.3 is 6.09 Å². The van der Waals surface area contributed by atoms with E-state index in [1.54, 1.807) is 42.2 Å². The summed E-state index contributed by atoms with van der Waals surface area (Å²) in [4.78, 5) is 19.8. The van der Waals surface area contributed by atoms with E-state index in [0.29, 0.717) is 18.1 Å². The quantitative estimate of drug-likeness (QED) is 0.900. The van der Waals surface area contributed by atoms with E-state index >= 15 is 0 Å². The Balaban J connectivity index is 2.32. The molecule has 0 saturated heterocycles. The first-order valence-corrected chi connectivity index (χ1v) is 5.61. The Morgan fingerprint density at radius 1 is 1.44 bits per heavy atom. The van der Waals surface area contributed by atoms with Gasteiger partial charge in [0.15, 0.2) is 5.82 Å². The molecule has 0 fully saturated rings. The number of rotatable bonds is 3. The van der Waals surface area contributed by atoms with Crippen LogP contribution in [0.3, 0.4) is 0 Å². The highest BCUT2D eigenvalue weighted by Gasteiger charge is 2.10. The van der Waals surface area contributed by atoms with E-state index < -0.39 is 6.09 Å². The van der Waals surface area contributed by atoms with E-state index in [1.807, 2.05) is 6.92 Å². The molecule has 0 atom stereocenters. The number of amides is 1. The number of carbonyl (C=O) groups is 1. The molecule has 1 N–H and O–H groups in total. The van der Waals surface area contributed by atoms with E-state index in [4.69, 9.17) is 4.74 Å². The second kappa shape index (κ2) is 5.31. The normalized spacial score (nSPS) is 10.1. The predicted molar refractivity (Wildman–Crippen MR) is 66.7 cm³/mol. The Hall–Kier alpha value is -2.37. The summed E-state index contributed by atoms with van der Waals surface area (Å²) in [6.07, 6.45) is 4.63. The minimum Gasteiger partial charge on any atom is -0.450 e. The van der Waals surface area contributed by atoms with Crippen LogP contribution < -0.4 is 5.32 Å². The monoisotopic (exact) mass is 246 g/mol. The van der Waals surface area contributed by atoms with Crippen molar-refractivity contribution in [2.75, 3.05) is 11.9 Å². The molecule has 0 saturated carbocycles. The van der Waals surface area contributed by atoms with Crippen LogP contribution in [0.4, 0.5) is 10.5 Å². The molecule has 0 radical (unpaired) electrons. The number of hydrogen-bond acceptors (Lipinski definition) is 4. The number of carbonyl (C=O) groups excluding carboxylic acids is 1. The number of nitrogens with one attached hydrogen (secondary N) is 1. The molecule has 0 bridgehead atoms. The zero-order valence-corrected chi connectivity index (χ0v) is 10.3. The Kier molecular flexibility index (Phi) is 3.57. The van der Waals surface area contributed by atoms with Crippen LogP contribution in [-0.4, -0.2) is 27.2 Å². The maximum atomic E-state index is 11.4. The SMILES string of the molecule is CCOC(=O)Nc1cccnc1-n1ccnc1C. The molecule has 0 aromatic carbocycles. The lowest BCUT2D eigenvalue weighted by molar-refractivity contribution is 0.168. The molecule has 2 aromatic heterocycles. The van der Waals surface area contributed by atoms with Gasteiger partial charge < -0.3 is 4.74 Å². The summed E-state index contributed by atoms with van der Waals surface area (Å²) in [6.45, 7) is 3.94. The first-order valence-electron chi connectivity index (χ1n) is 5.61. The van der Waals surface area contributed by atoms with E-state index in [2.05, 4.69) is 15.3 Å². The standard InChI is InChI=1S/C12H14N4O2/c1-3-18-12(17)15-10-5-4-6-14-11(10)16-8-7-13-9(16)2/h4-8H,3H2,1-2H3,(H,15,17). The summed E-state index contributed by atoms with van der Waals surface area (Å²) in [7, 11) is 0. The fourth-order valence-corrected chi connectivity index (χ4v) is 1.57. The summed E-state index contributed by atoms with van der Waals surface area (Å²) in [5.41, 5.74) is 0.581. The zero-order valence-electron chi connectivity index (χ0n) is 10.3. The molecule has 94 valence electrons. The van der Waals surface area contributed by atoms with Gasteiger partial charge in [0.1, 0.15) is 5.82 Å². The van der Waals surface area contributed by atoms with Crippen molar-refractivity contribution in [3.05, 3.63) is 36.5 Å². The first-order chi connectivity index (χ1) is 8.72. The molecule has 0 aliphatic carbocycles. The Labute approximate surface area is 105 Å². The Bertz CT molecular complexity index is 551. The molecule has 18 heavy (non-hydrogen) atoms. The molecule has 6 heteroatoms. The third-order valence-electron chi connectivity index (χ3n) is 2.35. The van der Waals surface area contributed by atoms with Crippen LogP contribution in [0.1, 0.15) is 12.7 Å². The van der Waals surface area contributed by atoms with Gasteiger partial charge in [-0.25, -0.2) is 14.8 Å². The minimum absolute atomic E-state index is 0.325. The number of hydrogen-bond donors (Lipinski definition) is 1. The Morgan fingerprint density at radius 3 is 2.94 bits per heavy atom. The van der Waals surface area contributed by atoms with Crippen molar-refractivity contribution in [2.24, 2.45) is 0 Å². The number of anilines is 1. The van der Waals surface area contributed by atoms with Crippen LogP contribution in [-0.2, 0) is 4.74 Å². The van der Waals surface area contributed by atoms with Crippen LogP contribution in [0.15, 0.2) is 30.7 Å². The van der Waals surface area contributed by atoms with Crippen LogP contribution in [0.2, 0.25) is 0 Å². The molecule has 2 rings (SSSR count). The number of pyridine rings is 1. The minimum atomic E-state index is -0.496. The van der Waals surface area contributed by atoms with Crippen LogP contribution in [0, 0.1) is 6.92 Å². The predicted octanol–water partition coefficient (Wildman–Crippen LogP) is 2.14. The van der Waals surface area contributed by atoms with Crippen molar-refractivity contribution in [1.29, 1.82) is 0 Å². The van der Waals surface area contributed by atoms with Crippen LogP contribution >= 0.6 is 0 Å². The summed E-state index contributed by atoms with van der Waals surface area (Å²) in [5.74, 6) is 1.40. The third kappa shape index (κ3) is 2.48. The maximum absolute atomic E-state index is 11.4. The van der Waals surface area contributed by atoms with Gasteiger partial charge in [0, 0.05) is 18.6 Å². The van der Waals surface area contributed by atoms with E-state index in [-0.39, 0.29) is 0 Å². The highest BCUT2D eigenvalue weighted by Crippen LogP contribution is 2.18. The topological polar surface area (TPSA) is 69.0 Å². The van der Waals surface area contributed by atoms with Crippen LogP contribution in [0.25, 0.3) is 5.82 Å². The Morgan fingerprint density at radius 2 is 2.28 bits per heavy atom. The summed E-state index contributed by atoms with van der Waals surface area (Å²) in [6, 6.07) is 3.51. The molecule has 2 aromatic rings. The molecule has 0 unspecified atom stereocenters. The summed E-state index contributed by atoms with van der Waals surface area (Å²) < 4.78 is 6.64. The number of nitrogens with zero attached hydrogens (tertiary/aromatic N) is 3. The van der Waals surface area contributed by atoms with Gasteiger partial charge in [0.2, 0.25) is 0 Å². The van der Waals surface area contributed by atoms with Gasteiger partial charge in [-0.3, -0.25) is 9.88 Å². The fourth-order valence-electron chi connectivity index (χ4n) is 1.57. The van der Waals surface area contributed by atoms with E-state index in [9.17, 15) is 4.79 Å². The van der Waals surface area contributed by atoms with Gasteiger partial charge in [-0.15, -0.1) is 0 Å². The second-order valence-electron chi connectivity index (χ2n) is 3.56.